The van der Waals surface area contributed by atoms with Gasteiger partial charge in [0, 0.05) is 18.8 Å². The van der Waals surface area contributed by atoms with Crippen molar-refractivity contribution in [2.75, 3.05) is 30.3 Å². The molecule has 0 spiro atoms. The SMILES string of the molecule is NC(=O)[C@H]1[C@@H](Nc2nc(Nc3cnn(CCN4CCCC4)c3)ncc2F)[C@@H]2C=C[C@H]1C2. The zero-order valence-electron chi connectivity index (χ0n) is 17.2. The lowest BCUT2D eigenvalue weighted by molar-refractivity contribution is -0.122. The van der Waals surface area contributed by atoms with Gasteiger partial charge in [0.1, 0.15) is 0 Å². The van der Waals surface area contributed by atoms with Gasteiger partial charge in [0.05, 0.1) is 30.5 Å². The number of amides is 1. The van der Waals surface area contributed by atoms with Crippen molar-refractivity contribution in [2.24, 2.45) is 23.5 Å². The van der Waals surface area contributed by atoms with Gasteiger partial charge in [-0.15, -0.1) is 0 Å². The molecule has 164 valence electrons. The van der Waals surface area contributed by atoms with Gasteiger partial charge in [0.15, 0.2) is 11.6 Å². The number of aromatic nitrogens is 4. The second-order valence-corrected chi connectivity index (χ2v) is 8.60. The molecule has 2 aromatic heterocycles. The largest absolute Gasteiger partial charge is 0.369 e. The number of primary amides is 1. The average Bonchev–Trinajstić information content (AvgIpc) is 3.54. The van der Waals surface area contributed by atoms with Crippen LogP contribution in [-0.2, 0) is 11.3 Å². The van der Waals surface area contributed by atoms with Gasteiger partial charge >= 0.3 is 0 Å². The highest BCUT2D eigenvalue weighted by molar-refractivity contribution is 5.79. The number of nitrogens with two attached hydrogens (primary N) is 1. The van der Waals surface area contributed by atoms with E-state index < -0.39 is 5.82 Å². The standard InChI is InChI=1S/C21H27FN8O/c22-16-11-24-21(26-15-10-25-30(12-15)8-7-29-5-1-2-6-29)28-20(16)27-18-14-4-3-13(9-14)17(18)19(23)31/h3-4,10-14,17-18H,1-2,5-9H2,(H2,23,31)(H2,24,26,27,28)/t13-,14+,17+,18-/m0/s1. The Morgan fingerprint density at radius 1 is 1.19 bits per heavy atom. The molecule has 1 amide bonds. The molecule has 31 heavy (non-hydrogen) atoms. The summed E-state index contributed by atoms with van der Waals surface area (Å²) in [6.07, 6.45) is 12.2. The van der Waals surface area contributed by atoms with Crippen molar-refractivity contribution in [1.82, 2.24) is 24.6 Å². The fourth-order valence-corrected chi connectivity index (χ4v) is 5.02. The Morgan fingerprint density at radius 2 is 2.00 bits per heavy atom. The molecule has 4 atom stereocenters. The van der Waals surface area contributed by atoms with Crippen LogP contribution < -0.4 is 16.4 Å². The first-order valence-corrected chi connectivity index (χ1v) is 10.9. The maximum Gasteiger partial charge on any atom is 0.229 e. The minimum atomic E-state index is -0.568. The van der Waals surface area contributed by atoms with E-state index in [1.807, 2.05) is 17.0 Å². The van der Waals surface area contributed by atoms with Crippen LogP contribution in [0.3, 0.4) is 0 Å². The van der Waals surface area contributed by atoms with Gasteiger partial charge in [-0.05, 0) is 44.2 Å². The molecule has 1 aliphatic heterocycles. The molecule has 3 heterocycles. The molecule has 0 radical (unpaired) electrons. The van der Waals surface area contributed by atoms with E-state index in [1.165, 1.54) is 12.8 Å². The van der Waals surface area contributed by atoms with Crippen molar-refractivity contribution >= 4 is 23.4 Å². The Balaban J connectivity index is 1.25. The highest BCUT2D eigenvalue weighted by atomic mass is 19.1. The lowest BCUT2D eigenvalue weighted by Gasteiger charge is -2.27. The highest BCUT2D eigenvalue weighted by Gasteiger charge is 2.47. The van der Waals surface area contributed by atoms with Crippen molar-refractivity contribution in [2.45, 2.75) is 31.8 Å². The average molecular weight is 427 g/mol. The van der Waals surface area contributed by atoms with Crippen LogP contribution in [0.1, 0.15) is 19.3 Å². The van der Waals surface area contributed by atoms with Crippen molar-refractivity contribution in [3.05, 3.63) is 36.6 Å². The van der Waals surface area contributed by atoms with E-state index in [1.54, 1.807) is 6.20 Å². The first-order valence-electron chi connectivity index (χ1n) is 10.9. The summed E-state index contributed by atoms with van der Waals surface area (Å²) in [5.41, 5.74) is 6.33. The molecule has 3 aliphatic rings. The van der Waals surface area contributed by atoms with Gasteiger partial charge in [-0.3, -0.25) is 9.48 Å². The quantitative estimate of drug-likeness (QED) is 0.551. The number of carbonyl (C=O) groups is 1. The van der Waals surface area contributed by atoms with E-state index in [0.717, 1.165) is 44.5 Å². The van der Waals surface area contributed by atoms with E-state index >= 15 is 0 Å². The first kappa shape index (κ1) is 19.9. The summed E-state index contributed by atoms with van der Waals surface area (Å²) in [5, 5.41) is 10.6. The monoisotopic (exact) mass is 426 g/mol. The molecule has 2 aliphatic carbocycles. The zero-order valence-corrected chi connectivity index (χ0v) is 17.2. The third-order valence-electron chi connectivity index (χ3n) is 6.57. The predicted molar refractivity (Wildman–Crippen MR) is 114 cm³/mol. The molecular weight excluding hydrogens is 399 g/mol. The van der Waals surface area contributed by atoms with Crippen LogP contribution in [0.4, 0.5) is 21.8 Å². The van der Waals surface area contributed by atoms with Gasteiger partial charge in [0.2, 0.25) is 11.9 Å². The smallest absolute Gasteiger partial charge is 0.229 e. The molecule has 4 N–H and O–H groups in total. The van der Waals surface area contributed by atoms with Crippen molar-refractivity contribution in [3.8, 4) is 0 Å². The summed E-state index contributed by atoms with van der Waals surface area (Å²) < 4.78 is 16.3. The molecule has 10 heteroatoms. The fraction of sp³-hybridized carbons (Fsp3) is 0.524. The van der Waals surface area contributed by atoms with E-state index in [9.17, 15) is 9.18 Å². The number of fused-ring (bicyclic) bond motifs is 2. The molecule has 5 rings (SSSR count). The third kappa shape index (κ3) is 4.12. The van der Waals surface area contributed by atoms with Gasteiger partial charge in [-0.2, -0.15) is 10.1 Å². The van der Waals surface area contributed by atoms with Gasteiger partial charge in [-0.25, -0.2) is 9.37 Å². The number of anilines is 3. The fourth-order valence-electron chi connectivity index (χ4n) is 5.02. The number of likely N-dealkylation sites (tertiary alicyclic amines) is 1. The van der Waals surface area contributed by atoms with Gasteiger partial charge in [0.25, 0.3) is 0 Å². The second kappa shape index (κ2) is 8.26. The summed E-state index contributed by atoms with van der Waals surface area (Å²) in [6.45, 7) is 4.09. The Kier molecular flexibility index (Phi) is 5.31. The molecule has 2 aromatic rings. The predicted octanol–water partition coefficient (Wildman–Crippen LogP) is 1.74. The lowest BCUT2D eigenvalue weighted by Crippen LogP contribution is -2.41. The molecule has 1 saturated heterocycles. The minimum Gasteiger partial charge on any atom is -0.369 e. The van der Waals surface area contributed by atoms with E-state index in [-0.39, 0.29) is 41.5 Å². The van der Waals surface area contributed by atoms with Crippen molar-refractivity contribution in [3.63, 3.8) is 0 Å². The molecule has 9 nitrogen and oxygen atoms in total. The number of rotatable bonds is 8. The third-order valence-corrected chi connectivity index (χ3v) is 6.57. The van der Waals surface area contributed by atoms with Crippen LogP contribution >= 0.6 is 0 Å². The van der Waals surface area contributed by atoms with E-state index in [2.05, 4.69) is 36.7 Å². The molecule has 0 unspecified atom stereocenters. The minimum absolute atomic E-state index is 0.0659. The summed E-state index contributed by atoms with van der Waals surface area (Å²) >= 11 is 0. The van der Waals surface area contributed by atoms with Crippen molar-refractivity contribution in [1.29, 1.82) is 0 Å². The van der Waals surface area contributed by atoms with E-state index in [4.69, 9.17) is 5.73 Å². The normalized spacial score (nSPS) is 27.1. The zero-order chi connectivity index (χ0) is 21.4. The summed E-state index contributed by atoms with van der Waals surface area (Å²) in [7, 11) is 0. The number of hydrogen-bond acceptors (Lipinski definition) is 7. The number of nitrogens with zero attached hydrogens (tertiary/aromatic N) is 5. The van der Waals surface area contributed by atoms with Gasteiger partial charge < -0.3 is 21.3 Å². The maximum absolute atomic E-state index is 14.4. The van der Waals surface area contributed by atoms with Crippen LogP contribution in [-0.4, -0.2) is 56.2 Å². The van der Waals surface area contributed by atoms with Gasteiger partial charge in [-0.1, -0.05) is 12.2 Å². The summed E-state index contributed by atoms with van der Waals surface area (Å²) in [5.74, 6) is -0.732. The second-order valence-electron chi connectivity index (χ2n) is 8.60. The van der Waals surface area contributed by atoms with Crippen LogP contribution in [0, 0.1) is 23.6 Å². The Hall–Kier alpha value is -3.01. The molecule has 0 aromatic carbocycles. The molecular formula is C21H27FN8O. The number of halogens is 1. The van der Waals surface area contributed by atoms with Crippen LogP contribution in [0.2, 0.25) is 0 Å². The number of carbonyl (C=O) groups excluding carboxylic acids is 1. The summed E-state index contributed by atoms with van der Waals surface area (Å²) in [4.78, 5) is 22.7. The van der Waals surface area contributed by atoms with Crippen molar-refractivity contribution < 1.29 is 9.18 Å². The topological polar surface area (TPSA) is 114 Å². The number of hydrogen-bond donors (Lipinski definition) is 3. The van der Waals surface area contributed by atoms with Crippen LogP contribution in [0.5, 0.6) is 0 Å². The van der Waals surface area contributed by atoms with Crippen LogP contribution in [0.15, 0.2) is 30.7 Å². The van der Waals surface area contributed by atoms with Crippen LogP contribution in [0.25, 0.3) is 0 Å². The number of allylic oxidation sites excluding steroid dienone is 1. The molecule has 2 fully saturated rings. The summed E-state index contributed by atoms with van der Waals surface area (Å²) in [6, 6.07) is -0.266. The molecule has 2 bridgehead atoms. The Labute approximate surface area is 179 Å². The first-order chi connectivity index (χ1) is 15.1. The molecule has 1 saturated carbocycles. The highest BCUT2D eigenvalue weighted by Crippen LogP contribution is 2.44. The number of nitrogens with one attached hydrogen (secondary N) is 2. The Bertz CT molecular complexity index is 986. The van der Waals surface area contributed by atoms with E-state index in [0.29, 0.717) is 0 Å². The lowest BCUT2D eigenvalue weighted by atomic mass is 9.88. The maximum atomic E-state index is 14.4. The Morgan fingerprint density at radius 3 is 2.81 bits per heavy atom.